The number of aryl methyl sites for hydroxylation is 2. The van der Waals surface area contributed by atoms with E-state index in [9.17, 15) is 4.79 Å². The van der Waals surface area contributed by atoms with Gasteiger partial charge >= 0.3 is 0 Å². The molecule has 1 heterocycles. The quantitative estimate of drug-likeness (QED) is 0.868. The molecule has 1 aromatic heterocycles. The largest absolute Gasteiger partial charge is 0.379 e. The first-order valence-electron chi connectivity index (χ1n) is 5.44. The van der Waals surface area contributed by atoms with Gasteiger partial charge in [0.1, 0.15) is 0 Å². The summed E-state index contributed by atoms with van der Waals surface area (Å²) in [7, 11) is 1.66. The lowest BCUT2D eigenvalue weighted by molar-refractivity contribution is 0.0984. The monoisotopic (exact) mass is 246 g/mol. The summed E-state index contributed by atoms with van der Waals surface area (Å²) in [6.07, 6.45) is 0. The third-order valence-corrected chi connectivity index (χ3v) is 2.73. The van der Waals surface area contributed by atoms with E-state index in [-0.39, 0.29) is 17.4 Å². The Morgan fingerprint density at radius 2 is 2.06 bits per heavy atom. The van der Waals surface area contributed by atoms with Crippen LogP contribution in [0, 0.1) is 13.8 Å². The minimum atomic E-state index is -0.347. The van der Waals surface area contributed by atoms with Crippen molar-refractivity contribution in [1.29, 1.82) is 0 Å². The molecule has 94 valence electrons. The summed E-state index contributed by atoms with van der Waals surface area (Å²) in [5.74, 6) is -0.350. The van der Waals surface area contributed by atoms with E-state index in [1.165, 1.54) is 4.90 Å². The third kappa shape index (κ3) is 2.04. The summed E-state index contributed by atoms with van der Waals surface area (Å²) in [5.41, 5.74) is 8.47. The highest BCUT2D eigenvalue weighted by Gasteiger charge is 2.22. The standard InChI is InChI=1S/C12H14N4O2/c1-7-4-5-9(8(2)6-7)16(3)12(17)10-11(13)15-18-14-10/h4-6H,1-3H3,(H2,13,15). The number of nitrogen functional groups attached to an aromatic ring is 1. The molecule has 6 nitrogen and oxygen atoms in total. The van der Waals surface area contributed by atoms with Crippen LogP contribution in [0.25, 0.3) is 0 Å². The summed E-state index contributed by atoms with van der Waals surface area (Å²) in [6.45, 7) is 3.94. The number of carbonyl (C=O) groups excluding carboxylic acids is 1. The van der Waals surface area contributed by atoms with Crippen molar-refractivity contribution >= 4 is 17.4 Å². The molecule has 6 heteroatoms. The van der Waals surface area contributed by atoms with Gasteiger partial charge in [-0.1, -0.05) is 17.7 Å². The zero-order valence-electron chi connectivity index (χ0n) is 10.5. The van der Waals surface area contributed by atoms with E-state index < -0.39 is 0 Å². The van der Waals surface area contributed by atoms with Gasteiger partial charge in [0, 0.05) is 12.7 Å². The molecule has 0 saturated heterocycles. The first-order valence-corrected chi connectivity index (χ1v) is 5.44. The van der Waals surface area contributed by atoms with Gasteiger partial charge in [0.25, 0.3) is 5.91 Å². The maximum Gasteiger partial charge on any atom is 0.284 e. The van der Waals surface area contributed by atoms with Gasteiger partial charge in [-0.3, -0.25) is 4.79 Å². The molecule has 2 rings (SSSR count). The number of aromatic nitrogens is 2. The lowest BCUT2D eigenvalue weighted by atomic mass is 10.1. The van der Waals surface area contributed by atoms with Gasteiger partial charge in [-0.15, -0.1) is 0 Å². The molecule has 0 unspecified atom stereocenters. The molecule has 1 aromatic carbocycles. The molecule has 0 radical (unpaired) electrons. The van der Waals surface area contributed by atoms with Crippen molar-refractivity contribution < 1.29 is 9.42 Å². The number of hydrogen-bond donors (Lipinski definition) is 1. The van der Waals surface area contributed by atoms with Crippen LogP contribution in [0.1, 0.15) is 21.6 Å². The Labute approximate surface area is 104 Å². The van der Waals surface area contributed by atoms with Crippen LogP contribution in [0.5, 0.6) is 0 Å². The lowest BCUT2D eigenvalue weighted by Gasteiger charge is -2.18. The molecule has 0 bridgehead atoms. The molecule has 0 aliphatic heterocycles. The van der Waals surface area contributed by atoms with Gasteiger partial charge < -0.3 is 10.6 Å². The van der Waals surface area contributed by atoms with Crippen molar-refractivity contribution in [2.45, 2.75) is 13.8 Å². The summed E-state index contributed by atoms with van der Waals surface area (Å²) in [5, 5.41) is 6.90. The van der Waals surface area contributed by atoms with Crippen molar-refractivity contribution in [2.24, 2.45) is 0 Å². The minimum absolute atomic E-state index is 0.00313. The van der Waals surface area contributed by atoms with Crippen LogP contribution in [0.4, 0.5) is 11.5 Å². The number of nitrogens with two attached hydrogens (primary N) is 1. The highest BCUT2D eigenvalue weighted by Crippen LogP contribution is 2.22. The molecule has 2 aromatic rings. The second kappa shape index (κ2) is 4.48. The van der Waals surface area contributed by atoms with E-state index in [1.54, 1.807) is 7.05 Å². The average Bonchev–Trinajstić information content (AvgIpc) is 2.74. The van der Waals surface area contributed by atoms with Gasteiger partial charge in [-0.05, 0) is 35.8 Å². The first kappa shape index (κ1) is 12.1. The van der Waals surface area contributed by atoms with Crippen molar-refractivity contribution in [1.82, 2.24) is 10.3 Å². The Hall–Kier alpha value is -2.37. The molecule has 0 aliphatic carbocycles. The molecule has 2 N–H and O–H groups in total. The van der Waals surface area contributed by atoms with Crippen molar-refractivity contribution in [3.63, 3.8) is 0 Å². The maximum atomic E-state index is 12.1. The molecular formula is C12H14N4O2. The molecular weight excluding hydrogens is 232 g/mol. The van der Waals surface area contributed by atoms with Crippen molar-refractivity contribution in [3.05, 3.63) is 35.0 Å². The smallest absolute Gasteiger partial charge is 0.284 e. The number of amides is 1. The lowest BCUT2D eigenvalue weighted by Crippen LogP contribution is -2.28. The van der Waals surface area contributed by atoms with Crippen LogP contribution in [-0.4, -0.2) is 23.3 Å². The van der Waals surface area contributed by atoms with E-state index >= 15 is 0 Å². The predicted molar refractivity (Wildman–Crippen MR) is 67.4 cm³/mol. The van der Waals surface area contributed by atoms with E-state index in [2.05, 4.69) is 14.9 Å². The van der Waals surface area contributed by atoms with Gasteiger partial charge in [0.05, 0.1) is 0 Å². The number of carbonyl (C=O) groups is 1. The van der Waals surface area contributed by atoms with Crippen LogP contribution in [0.15, 0.2) is 22.8 Å². The van der Waals surface area contributed by atoms with Gasteiger partial charge in [-0.25, -0.2) is 4.63 Å². The Morgan fingerprint density at radius 1 is 1.33 bits per heavy atom. The van der Waals surface area contributed by atoms with Crippen LogP contribution in [0.3, 0.4) is 0 Å². The first-order chi connectivity index (χ1) is 8.50. The number of benzene rings is 1. The fourth-order valence-corrected chi connectivity index (χ4v) is 1.79. The van der Waals surface area contributed by atoms with Crippen LogP contribution in [0.2, 0.25) is 0 Å². The Balaban J connectivity index is 2.34. The second-order valence-corrected chi connectivity index (χ2v) is 4.15. The Kier molecular flexibility index (Phi) is 3.01. The van der Waals surface area contributed by atoms with Gasteiger partial charge in [0.2, 0.25) is 11.5 Å². The SMILES string of the molecule is Cc1ccc(N(C)C(=O)c2nonc2N)c(C)c1. The highest BCUT2D eigenvalue weighted by molar-refractivity contribution is 6.07. The zero-order valence-corrected chi connectivity index (χ0v) is 10.5. The van der Waals surface area contributed by atoms with E-state index in [4.69, 9.17) is 5.73 Å². The molecule has 18 heavy (non-hydrogen) atoms. The summed E-state index contributed by atoms with van der Waals surface area (Å²) < 4.78 is 4.43. The molecule has 0 fully saturated rings. The number of rotatable bonds is 2. The normalized spacial score (nSPS) is 10.4. The number of nitrogens with zero attached hydrogens (tertiary/aromatic N) is 3. The topological polar surface area (TPSA) is 85.2 Å². The average molecular weight is 246 g/mol. The molecule has 0 atom stereocenters. The van der Waals surface area contributed by atoms with Crippen LogP contribution in [-0.2, 0) is 0 Å². The van der Waals surface area contributed by atoms with Gasteiger partial charge in [0.15, 0.2) is 0 Å². The van der Waals surface area contributed by atoms with Crippen LogP contribution < -0.4 is 10.6 Å². The number of hydrogen-bond acceptors (Lipinski definition) is 5. The molecule has 0 saturated carbocycles. The Morgan fingerprint density at radius 3 is 2.61 bits per heavy atom. The van der Waals surface area contributed by atoms with Crippen molar-refractivity contribution in [2.75, 3.05) is 17.7 Å². The number of anilines is 2. The predicted octanol–water partition coefficient (Wildman–Crippen LogP) is 1.55. The van der Waals surface area contributed by atoms with Gasteiger partial charge in [-0.2, -0.15) is 0 Å². The summed E-state index contributed by atoms with van der Waals surface area (Å²) >= 11 is 0. The zero-order chi connectivity index (χ0) is 13.3. The third-order valence-electron chi connectivity index (χ3n) is 2.73. The maximum absolute atomic E-state index is 12.1. The van der Waals surface area contributed by atoms with Crippen LogP contribution >= 0.6 is 0 Å². The summed E-state index contributed by atoms with van der Waals surface area (Å²) in [6, 6.07) is 5.83. The highest BCUT2D eigenvalue weighted by atomic mass is 16.6. The van der Waals surface area contributed by atoms with E-state index in [0.29, 0.717) is 0 Å². The van der Waals surface area contributed by atoms with E-state index in [0.717, 1.165) is 16.8 Å². The summed E-state index contributed by atoms with van der Waals surface area (Å²) in [4.78, 5) is 13.6. The van der Waals surface area contributed by atoms with E-state index in [1.807, 2.05) is 32.0 Å². The second-order valence-electron chi connectivity index (χ2n) is 4.15. The Bertz CT molecular complexity index is 592. The fourth-order valence-electron chi connectivity index (χ4n) is 1.79. The molecule has 0 spiro atoms. The fraction of sp³-hybridized carbons (Fsp3) is 0.250. The molecule has 1 amide bonds. The van der Waals surface area contributed by atoms with Crippen molar-refractivity contribution in [3.8, 4) is 0 Å². The molecule has 0 aliphatic rings. The minimum Gasteiger partial charge on any atom is -0.379 e.